The van der Waals surface area contributed by atoms with Gasteiger partial charge in [0.05, 0.1) is 17.3 Å². The lowest BCUT2D eigenvalue weighted by atomic mass is 10.3. The molecule has 0 aliphatic heterocycles. The molecule has 5 nitrogen and oxygen atoms in total. The maximum absolute atomic E-state index is 4.47. The number of aromatic amines is 1. The molecule has 0 amide bonds. The SMILES string of the molecule is CC(C)n1cc(-c2nc3nccc(Br)c3[nH]2)cn1. The molecule has 0 saturated carbocycles. The minimum Gasteiger partial charge on any atom is -0.336 e. The molecule has 0 fully saturated rings. The van der Waals surface area contributed by atoms with E-state index in [1.165, 1.54) is 0 Å². The van der Waals surface area contributed by atoms with Gasteiger partial charge in [-0.2, -0.15) is 5.10 Å². The van der Waals surface area contributed by atoms with Gasteiger partial charge in [-0.3, -0.25) is 4.68 Å². The van der Waals surface area contributed by atoms with Crippen molar-refractivity contribution in [1.82, 2.24) is 24.7 Å². The maximum Gasteiger partial charge on any atom is 0.179 e. The molecule has 0 aliphatic carbocycles. The molecule has 0 spiro atoms. The van der Waals surface area contributed by atoms with Crippen LogP contribution in [-0.2, 0) is 0 Å². The molecular formula is C12H12BrN5. The number of fused-ring (bicyclic) bond motifs is 1. The lowest BCUT2D eigenvalue weighted by molar-refractivity contribution is 0.532. The third-order valence-corrected chi connectivity index (χ3v) is 3.41. The summed E-state index contributed by atoms with van der Waals surface area (Å²) >= 11 is 3.48. The topological polar surface area (TPSA) is 59.4 Å². The monoisotopic (exact) mass is 305 g/mol. The minimum absolute atomic E-state index is 0.341. The Morgan fingerprint density at radius 2 is 2.22 bits per heavy atom. The number of hydrogen-bond acceptors (Lipinski definition) is 3. The van der Waals surface area contributed by atoms with E-state index in [0.717, 1.165) is 21.4 Å². The molecule has 3 aromatic heterocycles. The van der Waals surface area contributed by atoms with Gasteiger partial charge in [0.2, 0.25) is 0 Å². The third kappa shape index (κ3) is 1.82. The molecule has 92 valence electrons. The van der Waals surface area contributed by atoms with Gasteiger partial charge in [-0.25, -0.2) is 9.97 Å². The molecule has 1 N–H and O–H groups in total. The Morgan fingerprint density at radius 3 is 2.89 bits per heavy atom. The van der Waals surface area contributed by atoms with Gasteiger partial charge in [-0.1, -0.05) is 0 Å². The van der Waals surface area contributed by atoms with Crippen LogP contribution in [0, 0.1) is 0 Å². The summed E-state index contributed by atoms with van der Waals surface area (Å²) in [4.78, 5) is 12.0. The van der Waals surface area contributed by atoms with E-state index in [4.69, 9.17) is 0 Å². The normalized spacial score (nSPS) is 11.6. The van der Waals surface area contributed by atoms with Crippen molar-refractivity contribution in [3.63, 3.8) is 0 Å². The van der Waals surface area contributed by atoms with Crippen LogP contribution < -0.4 is 0 Å². The Labute approximate surface area is 112 Å². The second-order valence-corrected chi connectivity index (χ2v) is 5.23. The van der Waals surface area contributed by atoms with Crippen molar-refractivity contribution in [1.29, 1.82) is 0 Å². The Morgan fingerprint density at radius 1 is 1.39 bits per heavy atom. The second kappa shape index (κ2) is 4.20. The summed E-state index contributed by atoms with van der Waals surface area (Å²) in [6.45, 7) is 4.18. The van der Waals surface area contributed by atoms with Crippen LogP contribution in [0.2, 0.25) is 0 Å². The Kier molecular flexibility index (Phi) is 2.66. The second-order valence-electron chi connectivity index (χ2n) is 4.38. The fourth-order valence-corrected chi connectivity index (χ4v) is 2.15. The van der Waals surface area contributed by atoms with Gasteiger partial charge in [0.1, 0.15) is 5.82 Å². The van der Waals surface area contributed by atoms with Crippen molar-refractivity contribution in [2.45, 2.75) is 19.9 Å². The molecule has 0 radical (unpaired) electrons. The lowest BCUT2D eigenvalue weighted by Crippen LogP contribution is -1.99. The van der Waals surface area contributed by atoms with Crippen LogP contribution >= 0.6 is 15.9 Å². The Balaban J connectivity index is 2.10. The number of hydrogen-bond donors (Lipinski definition) is 1. The molecule has 0 saturated heterocycles. The van der Waals surface area contributed by atoms with E-state index >= 15 is 0 Å². The number of H-pyrrole nitrogens is 1. The van der Waals surface area contributed by atoms with Crippen LogP contribution in [0.15, 0.2) is 29.1 Å². The summed E-state index contributed by atoms with van der Waals surface area (Å²) in [7, 11) is 0. The number of nitrogens with one attached hydrogen (secondary N) is 1. The number of aromatic nitrogens is 5. The van der Waals surface area contributed by atoms with Crippen molar-refractivity contribution in [3.05, 3.63) is 29.1 Å². The van der Waals surface area contributed by atoms with Crippen molar-refractivity contribution >= 4 is 27.1 Å². The van der Waals surface area contributed by atoms with Crippen molar-refractivity contribution in [2.75, 3.05) is 0 Å². The summed E-state index contributed by atoms with van der Waals surface area (Å²) in [6.07, 6.45) is 5.52. The standard InChI is InChI=1S/C12H12BrN5/c1-7(2)18-6-8(5-15-18)11-16-10-9(13)3-4-14-12(10)17-11/h3-7H,1-2H3,(H,14,16,17). The first-order valence-corrected chi connectivity index (χ1v) is 6.49. The largest absolute Gasteiger partial charge is 0.336 e. The fraction of sp³-hybridized carbons (Fsp3) is 0.250. The number of pyridine rings is 1. The van der Waals surface area contributed by atoms with Gasteiger partial charge in [0.25, 0.3) is 0 Å². The van der Waals surface area contributed by atoms with Crippen LogP contribution in [0.3, 0.4) is 0 Å². The van der Waals surface area contributed by atoms with Gasteiger partial charge < -0.3 is 4.98 Å². The molecule has 0 aromatic carbocycles. The third-order valence-electron chi connectivity index (χ3n) is 2.75. The van der Waals surface area contributed by atoms with Crippen LogP contribution in [0.4, 0.5) is 0 Å². The number of rotatable bonds is 2. The van der Waals surface area contributed by atoms with Crippen LogP contribution in [0.5, 0.6) is 0 Å². The smallest absolute Gasteiger partial charge is 0.179 e. The summed E-state index contributed by atoms with van der Waals surface area (Å²) in [5, 5.41) is 4.31. The molecule has 0 bridgehead atoms. The Hall–Kier alpha value is -1.69. The van der Waals surface area contributed by atoms with Crippen molar-refractivity contribution < 1.29 is 0 Å². The molecule has 18 heavy (non-hydrogen) atoms. The maximum atomic E-state index is 4.47. The lowest BCUT2D eigenvalue weighted by Gasteiger charge is -2.02. The van der Waals surface area contributed by atoms with Gasteiger partial charge in [0.15, 0.2) is 5.65 Å². The predicted molar refractivity (Wildman–Crippen MR) is 73.2 cm³/mol. The zero-order chi connectivity index (χ0) is 12.7. The molecule has 6 heteroatoms. The van der Waals surface area contributed by atoms with Crippen molar-refractivity contribution in [2.24, 2.45) is 0 Å². The first-order chi connectivity index (χ1) is 8.65. The summed E-state index contributed by atoms with van der Waals surface area (Å²) in [6, 6.07) is 2.23. The van der Waals surface area contributed by atoms with E-state index in [2.05, 4.69) is 49.8 Å². The highest BCUT2D eigenvalue weighted by atomic mass is 79.9. The van der Waals surface area contributed by atoms with Gasteiger partial charge in [0, 0.05) is 22.9 Å². The van der Waals surface area contributed by atoms with E-state index in [-0.39, 0.29) is 0 Å². The van der Waals surface area contributed by atoms with E-state index in [1.807, 2.05) is 23.1 Å². The number of nitrogens with zero attached hydrogens (tertiary/aromatic N) is 4. The molecule has 0 aliphatic rings. The van der Waals surface area contributed by atoms with E-state index in [9.17, 15) is 0 Å². The van der Waals surface area contributed by atoms with E-state index in [1.54, 1.807) is 6.20 Å². The zero-order valence-corrected chi connectivity index (χ0v) is 11.6. The average Bonchev–Trinajstić information content (AvgIpc) is 2.95. The summed E-state index contributed by atoms with van der Waals surface area (Å²) < 4.78 is 2.87. The summed E-state index contributed by atoms with van der Waals surface area (Å²) in [5.41, 5.74) is 2.58. The highest BCUT2D eigenvalue weighted by Crippen LogP contribution is 2.24. The Bertz CT molecular complexity index is 697. The highest BCUT2D eigenvalue weighted by molar-refractivity contribution is 9.10. The molecule has 3 rings (SSSR count). The summed E-state index contributed by atoms with van der Waals surface area (Å²) in [5.74, 6) is 0.788. The molecule has 0 unspecified atom stereocenters. The first kappa shape index (κ1) is 11.4. The van der Waals surface area contributed by atoms with Gasteiger partial charge >= 0.3 is 0 Å². The first-order valence-electron chi connectivity index (χ1n) is 5.70. The van der Waals surface area contributed by atoms with Crippen molar-refractivity contribution in [3.8, 4) is 11.4 Å². The van der Waals surface area contributed by atoms with E-state index < -0.39 is 0 Å². The van der Waals surface area contributed by atoms with E-state index in [0.29, 0.717) is 11.7 Å². The van der Waals surface area contributed by atoms with Crippen LogP contribution in [-0.4, -0.2) is 24.7 Å². The zero-order valence-electron chi connectivity index (χ0n) is 10.1. The van der Waals surface area contributed by atoms with Crippen LogP contribution in [0.1, 0.15) is 19.9 Å². The minimum atomic E-state index is 0.341. The number of halogens is 1. The number of imidazole rings is 1. The molecular weight excluding hydrogens is 294 g/mol. The highest BCUT2D eigenvalue weighted by Gasteiger charge is 2.10. The van der Waals surface area contributed by atoms with Gasteiger partial charge in [-0.15, -0.1) is 0 Å². The predicted octanol–water partition coefficient (Wildman–Crippen LogP) is 3.16. The quantitative estimate of drug-likeness (QED) is 0.791. The van der Waals surface area contributed by atoms with Crippen LogP contribution in [0.25, 0.3) is 22.6 Å². The van der Waals surface area contributed by atoms with Gasteiger partial charge in [-0.05, 0) is 35.8 Å². The molecule has 3 aromatic rings. The fourth-order valence-electron chi connectivity index (χ4n) is 1.76. The average molecular weight is 306 g/mol. The molecule has 3 heterocycles. The molecule has 0 atom stereocenters.